The van der Waals surface area contributed by atoms with Gasteiger partial charge in [-0.3, -0.25) is 0 Å². The lowest BCUT2D eigenvalue weighted by Gasteiger charge is -2.34. The summed E-state index contributed by atoms with van der Waals surface area (Å²) in [7, 11) is -1.38. The van der Waals surface area contributed by atoms with Gasteiger partial charge in [-0.05, 0) is 85.1 Å². The Morgan fingerprint density at radius 1 is 0.565 bits per heavy atom. The van der Waals surface area contributed by atoms with Gasteiger partial charge in [-0.1, -0.05) is 152 Å². The number of rotatable bonds is 4. The molecule has 222 valence electrons. The molecule has 2 aliphatic rings. The fourth-order valence-corrected chi connectivity index (χ4v) is 9.56. The highest BCUT2D eigenvalue weighted by Gasteiger charge is 2.47. The number of hydrogen-bond acceptors (Lipinski definition) is 1. The third-order valence-corrected chi connectivity index (χ3v) is 12.6. The molecule has 7 aromatic carbocycles. The Kier molecular flexibility index (Phi) is 5.98. The molecule has 0 aromatic heterocycles. The highest BCUT2D eigenvalue weighted by molar-refractivity contribution is 6.88. The van der Waals surface area contributed by atoms with Crippen molar-refractivity contribution in [1.29, 1.82) is 0 Å². The lowest BCUT2D eigenvalue weighted by molar-refractivity contribution is 0.768. The summed E-state index contributed by atoms with van der Waals surface area (Å²) in [6.07, 6.45) is 1.09. The predicted molar refractivity (Wildman–Crippen MR) is 199 cm³/mol. The van der Waals surface area contributed by atoms with Crippen molar-refractivity contribution >= 4 is 46.2 Å². The Hall–Kier alpha value is -4.92. The lowest BCUT2D eigenvalue weighted by atomic mass is 9.67. The van der Waals surface area contributed by atoms with E-state index in [2.05, 4.69) is 170 Å². The Bertz CT molecular complexity index is 2260. The Morgan fingerprint density at radius 3 is 2.00 bits per heavy atom. The smallest absolute Gasteiger partial charge is 0.0776 e. The molecule has 0 unspecified atom stereocenters. The molecule has 1 aliphatic heterocycles. The third-order valence-electron chi connectivity index (χ3n) is 10.6. The molecule has 0 radical (unpaired) electrons. The van der Waals surface area contributed by atoms with Crippen LogP contribution in [0.25, 0.3) is 32.7 Å². The van der Waals surface area contributed by atoms with Gasteiger partial charge in [0.05, 0.1) is 13.5 Å². The SMILES string of the molecule is C[Si](C)(C)c1ccc2c(c1)CCN2c1ccc2c(c1)C(c1ccccc1)(c1ccccc1)c1ccc3c(ccc4ccccc43)c1-2. The van der Waals surface area contributed by atoms with Crippen LogP contribution in [0.5, 0.6) is 0 Å². The summed E-state index contributed by atoms with van der Waals surface area (Å²) in [5.74, 6) is 0. The molecule has 0 atom stereocenters. The fraction of sp³-hybridized carbons (Fsp3) is 0.136. The number of benzene rings is 7. The molecule has 0 saturated carbocycles. The Balaban J connectivity index is 1.34. The number of anilines is 2. The molecule has 2 heteroatoms. The van der Waals surface area contributed by atoms with E-state index in [1.54, 1.807) is 5.19 Å². The highest BCUT2D eigenvalue weighted by Crippen LogP contribution is 2.59. The molecule has 7 aromatic rings. The van der Waals surface area contributed by atoms with E-state index < -0.39 is 13.5 Å². The average Bonchev–Trinajstić information content (AvgIpc) is 3.65. The molecule has 1 aliphatic carbocycles. The van der Waals surface area contributed by atoms with E-state index >= 15 is 0 Å². The van der Waals surface area contributed by atoms with Crippen molar-refractivity contribution in [2.24, 2.45) is 0 Å². The molecular weight excluding hydrogens is 571 g/mol. The largest absolute Gasteiger partial charge is 0.341 e. The molecule has 46 heavy (non-hydrogen) atoms. The van der Waals surface area contributed by atoms with Crippen LogP contribution in [0.3, 0.4) is 0 Å². The van der Waals surface area contributed by atoms with Crippen LogP contribution < -0.4 is 10.1 Å². The van der Waals surface area contributed by atoms with Gasteiger partial charge in [0.25, 0.3) is 0 Å². The highest BCUT2D eigenvalue weighted by atomic mass is 28.3. The van der Waals surface area contributed by atoms with Crippen molar-refractivity contribution in [3.05, 3.63) is 173 Å². The number of nitrogens with zero attached hydrogens (tertiary/aromatic N) is 1. The summed E-state index contributed by atoms with van der Waals surface area (Å²) in [6.45, 7) is 8.34. The van der Waals surface area contributed by atoms with Crippen LogP contribution in [0, 0.1) is 0 Å². The minimum Gasteiger partial charge on any atom is -0.341 e. The molecule has 1 heterocycles. The van der Waals surface area contributed by atoms with Crippen molar-refractivity contribution in [2.75, 3.05) is 11.4 Å². The lowest BCUT2D eigenvalue weighted by Crippen LogP contribution is -2.37. The van der Waals surface area contributed by atoms with Gasteiger partial charge in [0, 0.05) is 17.9 Å². The minimum atomic E-state index is -1.38. The third kappa shape index (κ3) is 3.86. The van der Waals surface area contributed by atoms with Crippen molar-refractivity contribution in [3.63, 3.8) is 0 Å². The second-order valence-electron chi connectivity index (χ2n) is 14.1. The summed E-state index contributed by atoms with van der Waals surface area (Å²) in [5.41, 5.74) is 11.7. The molecule has 0 bridgehead atoms. The first-order valence-electron chi connectivity index (χ1n) is 16.6. The topological polar surface area (TPSA) is 3.24 Å². The summed E-state index contributed by atoms with van der Waals surface area (Å²) in [6, 6.07) is 55.2. The molecular formula is C44H37NSi. The van der Waals surface area contributed by atoms with Gasteiger partial charge in [0.2, 0.25) is 0 Å². The predicted octanol–water partition coefficient (Wildman–Crippen LogP) is 10.6. The Morgan fingerprint density at radius 2 is 1.26 bits per heavy atom. The van der Waals surface area contributed by atoms with Crippen LogP contribution in [0.15, 0.2) is 146 Å². The zero-order valence-electron chi connectivity index (χ0n) is 26.7. The van der Waals surface area contributed by atoms with Crippen LogP contribution in [0.1, 0.15) is 27.8 Å². The maximum absolute atomic E-state index is 2.55. The van der Waals surface area contributed by atoms with Gasteiger partial charge in [0.15, 0.2) is 0 Å². The van der Waals surface area contributed by atoms with Crippen LogP contribution in [-0.4, -0.2) is 14.6 Å². The van der Waals surface area contributed by atoms with Gasteiger partial charge in [-0.25, -0.2) is 0 Å². The monoisotopic (exact) mass is 607 g/mol. The van der Waals surface area contributed by atoms with Gasteiger partial charge in [-0.2, -0.15) is 0 Å². The van der Waals surface area contributed by atoms with Crippen molar-refractivity contribution in [1.82, 2.24) is 0 Å². The number of hydrogen-bond donors (Lipinski definition) is 0. The first kappa shape index (κ1) is 27.4. The van der Waals surface area contributed by atoms with Crippen LogP contribution in [0.4, 0.5) is 11.4 Å². The second kappa shape index (κ2) is 10.0. The molecule has 1 nitrogen and oxygen atoms in total. The first-order chi connectivity index (χ1) is 22.4. The minimum absolute atomic E-state index is 0.437. The van der Waals surface area contributed by atoms with Gasteiger partial charge < -0.3 is 4.90 Å². The maximum atomic E-state index is 2.55. The second-order valence-corrected chi connectivity index (χ2v) is 19.2. The van der Waals surface area contributed by atoms with E-state index in [1.165, 1.54) is 71.9 Å². The molecule has 0 fully saturated rings. The Labute approximate surface area is 272 Å². The van der Waals surface area contributed by atoms with Crippen molar-refractivity contribution < 1.29 is 0 Å². The zero-order valence-corrected chi connectivity index (χ0v) is 27.7. The standard InChI is InChI=1S/C44H37NSi/c1-46(2,3)35-20-25-42-31(28-35)26-27-45(42)34-19-22-39-41(29-34)44(32-13-6-4-7-14-32,33-15-8-5-9-16-33)40-24-23-37-36-17-11-10-12-30(36)18-21-38(37)43(39)40/h4-25,28-29H,26-27H2,1-3H3. The molecule has 9 rings (SSSR count). The van der Waals surface area contributed by atoms with E-state index in [0.717, 1.165) is 13.0 Å². The molecule has 0 saturated heterocycles. The van der Waals surface area contributed by atoms with Crippen molar-refractivity contribution in [3.8, 4) is 11.1 Å². The summed E-state index contributed by atoms with van der Waals surface area (Å²) < 4.78 is 0. The first-order valence-corrected chi connectivity index (χ1v) is 20.1. The van der Waals surface area contributed by atoms with E-state index in [1.807, 2.05) is 0 Å². The van der Waals surface area contributed by atoms with E-state index in [4.69, 9.17) is 0 Å². The molecule has 0 N–H and O–H groups in total. The fourth-order valence-electron chi connectivity index (χ4n) is 8.37. The van der Waals surface area contributed by atoms with Crippen LogP contribution in [-0.2, 0) is 11.8 Å². The summed E-state index contributed by atoms with van der Waals surface area (Å²) in [4.78, 5) is 2.55. The van der Waals surface area contributed by atoms with E-state index in [9.17, 15) is 0 Å². The average molecular weight is 608 g/mol. The summed E-state index contributed by atoms with van der Waals surface area (Å²) in [5, 5.41) is 6.78. The number of fused-ring (bicyclic) bond motifs is 8. The van der Waals surface area contributed by atoms with E-state index in [-0.39, 0.29) is 0 Å². The van der Waals surface area contributed by atoms with Gasteiger partial charge in [-0.15, -0.1) is 0 Å². The quantitative estimate of drug-likeness (QED) is 0.142. The summed E-state index contributed by atoms with van der Waals surface area (Å²) >= 11 is 0. The zero-order chi connectivity index (χ0) is 31.0. The van der Waals surface area contributed by atoms with Crippen molar-refractivity contribution in [2.45, 2.75) is 31.5 Å². The van der Waals surface area contributed by atoms with Crippen LogP contribution >= 0.6 is 0 Å². The molecule has 0 amide bonds. The van der Waals surface area contributed by atoms with Gasteiger partial charge in [0.1, 0.15) is 0 Å². The normalized spacial score (nSPS) is 14.8. The van der Waals surface area contributed by atoms with Gasteiger partial charge >= 0.3 is 0 Å². The van der Waals surface area contributed by atoms with Crippen LogP contribution in [0.2, 0.25) is 19.6 Å². The molecule has 0 spiro atoms. The van der Waals surface area contributed by atoms with E-state index in [0.29, 0.717) is 0 Å². The maximum Gasteiger partial charge on any atom is 0.0776 e.